The van der Waals surface area contributed by atoms with E-state index in [1.54, 1.807) is 7.05 Å². The summed E-state index contributed by atoms with van der Waals surface area (Å²) in [5, 5.41) is 23.7. The van der Waals surface area contributed by atoms with Crippen LogP contribution >= 0.6 is 0 Å². The summed E-state index contributed by atoms with van der Waals surface area (Å²) in [4.78, 5) is 3.67. The molecular weight excluding hydrogens is 326 g/mol. The van der Waals surface area contributed by atoms with E-state index in [1.807, 2.05) is 36.4 Å². The summed E-state index contributed by atoms with van der Waals surface area (Å²) in [6.45, 7) is 1.81. The van der Waals surface area contributed by atoms with Gasteiger partial charge in [0.15, 0.2) is 5.82 Å². The van der Waals surface area contributed by atoms with Gasteiger partial charge in [-0.05, 0) is 34.7 Å². The minimum atomic E-state index is -0.840. The molecule has 0 aliphatic heterocycles. The number of fused-ring (bicyclic) bond motifs is 1. The number of aryl methyl sites for hydroxylation is 2. The number of hydrogen-bond acceptors (Lipinski definition) is 5. The van der Waals surface area contributed by atoms with Crippen LogP contribution in [0.3, 0.4) is 0 Å². The van der Waals surface area contributed by atoms with Crippen LogP contribution in [0, 0.1) is 0 Å². The minimum absolute atomic E-state index is 0.539. The summed E-state index contributed by atoms with van der Waals surface area (Å²) in [6.07, 6.45) is 1.65. The first-order valence-electron chi connectivity index (χ1n) is 8.92. The standard InChI is InChI=1S/C20H23N5O/c1-24-22-19(21-23-24)14-25(13-16-7-3-2-4-8-16)15-20(26)12-11-17-9-5-6-10-18(17)20/h2-10,26H,11-15H2,1H3. The SMILES string of the molecule is Cn1nnc(CN(Cc2ccccc2)CC2(O)CCc3ccccc32)n1. The van der Waals surface area contributed by atoms with Gasteiger partial charge in [-0.3, -0.25) is 4.90 Å². The van der Waals surface area contributed by atoms with Crippen LogP contribution in [-0.2, 0) is 32.2 Å². The summed E-state index contributed by atoms with van der Waals surface area (Å²) in [5.41, 5.74) is 2.65. The van der Waals surface area contributed by atoms with E-state index in [4.69, 9.17) is 0 Å². The number of tetrazole rings is 1. The Kier molecular flexibility index (Phi) is 4.53. The number of aromatic nitrogens is 4. The van der Waals surface area contributed by atoms with Crippen molar-refractivity contribution in [3.05, 3.63) is 77.1 Å². The molecule has 1 heterocycles. The van der Waals surface area contributed by atoms with Crippen LogP contribution in [0.1, 0.15) is 28.9 Å². The Morgan fingerprint density at radius 1 is 1.08 bits per heavy atom. The minimum Gasteiger partial charge on any atom is -0.384 e. The summed E-state index contributed by atoms with van der Waals surface area (Å²) < 4.78 is 0. The van der Waals surface area contributed by atoms with Gasteiger partial charge in [0, 0.05) is 13.1 Å². The molecule has 1 aliphatic carbocycles. The average Bonchev–Trinajstić information content (AvgIpc) is 3.20. The summed E-state index contributed by atoms with van der Waals surface area (Å²) in [5.74, 6) is 0.665. The van der Waals surface area contributed by atoms with Crippen LogP contribution in [0.15, 0.2) is 54.6 Å². The molecule has 1 unspecified atom stereocenters. The number of nitrogens with zero attached hydrogens (tertiary/aromatic N) is 5. The Labute approximate surface area is 153 Å². The van der Waals surface area contributed by atoms with Crippen LogP contribution in [0.25, 0.3) is 0 Å². The first kappa shape index (κ1) is 16.9. The monoisotopic (exact) mass is 349 g/mol. The highest BCUT2D eigenvalue weighted by molar-refractivity contribution is 5.37. The van der Waals surface area contributed by atoms with E-state index in [9.17, 15) is 5.11 Å². The van der Waals surface area contributed by atoms with E-state index >= 15 is 0 Å². The highest BCUT2D eigenvalue weighted by Crippen LogP contribution is 2.37. The summed E-state index contributed by atoms with van der Waals surface area (Å²) >= 11 is 0. The maximum absolute atomic E-state index is 11.4. The lowest BCUT2D eigenvalue weighted by Gasteiger charge is -2.31. The second-order valence-electron chi connectivity index (χ2n) is 7.01. The highest BCUT2D eigenvalue weighted by atomic mass is 16.3. The number of benzene rings is 2. The van der Waals surface area contributed by atoms with Crippen molar-refractivity contribution in [3.63, 3.8) is 0 Å². The predicted molar refractivity (Wildman–Crippen MR) is 98.0 cm³/mol. The largest absolute Gasteiger partial charge is 0.384 e. The Morgan fingerprint density at radius 3 is 2.62 bits per heavy atom. The van der Waals surface area contributed by atoms with E-state index in [-0.39, 0.29) is 0 Å². The van der Waals surface area contributed by atoms with Crippen LogP contribution < -0.4 is 0 Å². The maximum atomic E-state index is 11.4. The quantitative estimate of drug-likeness (QED) is 0.738. The smallest absolute Gasteiger partial charge is 0.188 e. The number of rotatable bonds is 6. The van der Waals surface area contributed by atoms with Crippen molar-refractivity contribution < 1.29 is 5.11 Å². The Bertz CT molecular complexity index is 879. The lowest BCUT2D eigenvalue weighted by atomic mass is 9.95. The molecule has 3 aromatic rings. The first-order chi connectivity index (χ1) is 12.6. The van der Waals surface area contributed by atoms with Crippen LogP contribution in [0.4, 0.5) is 0 Å². The fourth-order valence-electron chi connectivity index (χ4n) is 3.80. The van der Waals surface area contributed by atoms with Gasteiger partial charge >= 0.3 is 0 Å². The van der Waals surface area contributed by atoms with Crippen molar-refractivity contribution in [2.45, 2.75) is 31.5 Å². The van der Waals surface area contributed by atoms with E-state index in [1.165, 1.54) is 15.9 Å². The van der Waals surface area contributed by atoms with Crippen molar-refractivity contribution >= 4 is 0 Å². The molecule has 0 spiro atoms. The zero-order valence-corrected chi connectivity index (χ0v) is 14.9. The van der Waals surface area contributed by atoms with E-state index in [0.29, 0.717) is 18.9 Å². The van der Waals surface area contributed by atoms with Gasteiger partial charge in [-0.1, -0.05) is 54.6 Å². The Hall–Kier alpha value is -2.57. The second-order valence-corrected chi connectivity index (χ2v) is 7.01. The molecule has 0 saturated heterocycles. The molecule has 0 bridgehead atoms. The summed E-state index contributed by atoms with van der Waals surface area (Å²) in [7, 11) is 1.76. The maximum Gasteiger partial charge on any atom is 0.188 e. The molecule has 2 aromatic carbocycles. The third-order valence-corrected chi connectivity index (χ3v) is 4.98. The molecule has 0 fully saturated rings. The number of aliphatic hydroxyl groups is 1. The van der Waals surface area contributed by atoms with Gasteiger partial charge in [-0.2, -0.15) is 4.80 Å². The molecule has 4 rings (SSSR count). The zero-order chi connectivity index (χ0) is 18.0. The molecular formula is C20H23N5O. The average molecular weight is 349 g/mol. The first-order valence-corrected chi connectivity index (χ1v) is 8.92. The van der Waals surface area contributed by atoms with Gasteiger partial charge in [-0.15, -0.1) is 10.2 Å². The van der Waals surface area contributed by atoms with Crippen molar-refractivity contribution in [1.82, 2.24) is 25.1 Å². The molecule has 1 atom stereocenters. The predicted octanol–water partition coefficient (Wildman–Crippen LogP) is 2.05. The second kappa shape index (κ2) is 6.97. The highest BCUT2D eigenvalue weighted by Gasteiger charge is 2.38. The third kappa shape index (κ3) is 3.52. The van der Waals surface area contributed by atoms with Crippen molar-refractivity contribution in [2.75, 3.05) is 6.54 Å². The van der Waals surface area contributed by atoms with Crippen molar-refractivity contribution in [3.8, 4) is 0 Å². The van der Waals surface area contributed by atoms with Crippen LogP contribution in [0.2, 0.25) is 0 Å². The van der Waals surface area contributed by atoms with Crippen molar-refractivity contribution in [1.29, 1.82) is 0 Å². The topological polar surface area (TPSA) is 67.1 Å². The van der Waals surface area contributed by atoms with Crippen LogP contribution in [-0.4, -0.2) is 36.8 Å². The molecule has 6 nitrogen and oxygen atoms in total. The normalized spacial score (nSPS) is 19.0. The van der Waals surface area contributed by atoms with E-state index in [0.717, 1.165) is 24.9 Å². The molecule has 134 valence electrons. The van der Waals surface area contributed by atoms with Crippen molar-refractivity contribution in [2.24, 2.45) is 7.05 Å². The molecule has 26 heavy (non-hydrogen) atoms. The number of hydrogen-bond donors (Lipinski definition) is 1. The van der Waals surface area contributed by atoms with E-state index < -0.39 is 5.60 Å². The van der Waals surface area contributed by atoms with Gasteiger partial charge in [0.1, 0.15) is 5.60 Å². The fraction of sp³-hybridized carbons (Fsp3) is 0.350. The zero-order valence-electron chi connectivity index (χ0n) is 14.9. The van der Waals surface area contributed by atoms with Gasteiger partial charge in [0.2, 0.25) is 0 Å². The van der Waals surface area contributed by atoms with Crippen LogP contribution in [0.5, 0.6) is 0 Å². The van der Waals surface area contributed by atoms with Gasteiger partial charge in [0.05, 0.1) is 13.6 Å². The Morgan fingerprint density at radius 2 is 1.85 bits per heavy atom. The third-order valence-electron chi connectivity index (χ3n) is 4.98. The van der Waals surface area contributed by atoms with Gasteiger partial charge in [-0.25, -0.2) is 0 Å². The molecule has 0 radical (unpaired) electrons. The molecule has 0 saturated carbocycles. The molecule has 1 aromatic heterocycles. The van der Waals surface area contributed by atoms with Gasteiger partial charge in [0.25, 0.3) is 0 Å². The fourth-order valence-corrected chi connectivity index (χ4v) is 3.80. The summed E-state index contributed by atoms with van der Waals surface area (Å²) in [6, 6.07) is 18.5. The Balaban J connectivity index is 1.58. The molecule has 6 heteroatoms. The molecule has 1 aliphatic rings. The lowest BCUT2D eigenvalue weighted by Crippen LogP contribution is -2.39. The molecule has 0 amide bonds. The lowest BCUT2D eigenvalue weighted by molar-refractivity contribution is -0.00496. The van der Waals surface area contributed by atoms with E-state index in [2.05, 4.69) is 38.5 Å². The van der Waals surface area contributed by atoms with Gasteiger partial charge < -0.3 is 5.11 Å². The molecule has 1 N–H and O–H groups in total.